The zero-order valence-corrected chi connectivity index (χ0v) is 17.4. The van der Waals surface area contributed by atoms with E-state index in [-0.39, 0.29) is 22.8 Å². The lowest BCUT2D eigenvalue weighted by atomic mass is 10.1. The number of carbonyl (C=O) groups is 2. The largest absolute Gasteiger partial charge is 0.416 e. The predicted octanol–water partition coefficient (Wildman–Crippen LogP) is 3.61. The van der Waals surface area contributed by atoms with Crippen LogP contribution in [0.4, 0.5) is 24.5 Å². The van der Waals surface area contributed by atoms with Crippen LogP contribution in [0.25, 0.3) is 6.08 Å². The maximum Gasteiger partial charge on any atom is 0.416 e. The van der Waals surface area contributed by atoms with Crippen LogP contribution in [0.3, 0.4) is 0 Å². The summed E-state index contributed by atoms with van der Waals surface area (Å²) < 4.78 is 65.1. The number of nitrogens with one attached hydrogen (secondary N) is 3. The first kappa shape index (κ1) is 24.1. The molecule has 0 saturated carbocycles. The Morgan fingerprint density at radius 2 is 1.65 bits per heavy atom. The van der Waals surface area contributed by atoms with Gasteiger partial charge in [0, 0.05) is 19.5 Å². The van der Waals surface area contributed by atoms with Gasteiger partial charge in [-0.05, 0) is 42.0 Å². The van der Waals surface area contributed by atoms with Crippen LogP contribution >= 0.6 is 0 Å². The first-order valence-corrected chi connectivity index (χ1v) is 10.5. The summed E-state index contributed by atoms with van der Waals surface area (Å²) in [7, 11) is -3.61. The fraction of sp³-hybridized carbons (Fsp3) is 0.200. The highest BCUT2D eigenvalue weighted by molar-refractivity contribution is 7.89. The Labute approximate surface area is 177 Å². The third kappa shape index (κ3) is 6.93. The Kier molecular flexibility index (Phi) is 7.58. The molecule has 166 valence electrons. The van der Waals surface area contributed by atoms with Crippen LogP contribution in [-0.2, 0) is 25.8 Å². The number of hydrogen-bond donors (Lipinski definition) is 3. The topological polar surface area (TPSA) is 104 Å². The number of anilines is 2. The minimum Gasteiger partial charge on any atom is -0.325 e. The average molecular weight is 455 g/mol. The maximum absolute atomic E-state index is 13.0. The van der Waals surface area contributed by atoms with Gasteiger partial charge in [0.05, 0.1) is 21.8 Å². The summed E-state index contributed by atoms with van der Waals surface area (Å²) in [4.78, 5) is 23.5. The third-order valence-electron chi connectivity index (χ3n) is 3.87. The van der Waals surface area contributed by atoms with Gasteiger partial charge in [0.25, 0.3) is 0 Å². The van der Waals surface area contributed by atoms with Gasteiger partial charge in [-0.25, -0.2) is 13.1 Å². The highest BCUT2D eigenvalue weighted by Gasteiger charge is 2.31. The first-order valence-electron chi connectivity index (χ1n) is 9.00. The van der Waals surface area contributed by atoms with Gasteiger partial charge >= 0.3 is 6.18 Å². The molecule has 2 amide bonds. The molecule has 0 heterocycles. The molecule has 0 bridgehead atoms. The summed E-state index contributed by atoms with van der Waals surface area (Å²) in [5.74, 6) is -1.26. The number of carbonyl (C=O) groups excluding carboxylic acids is 2. The minimum absolute atomic E-state index is 0.0141. The Balaban J connectivity index is 2.19. The second-order valence-electron chi connectivity index (χ2n) is 6.33. The molecular weight excluding hydrogens is 435 g/mol. The molecule has 0 saturated heterocycles. The van der Waals surface area contributed by atoms with Gasteiger partial charge in [0.1, 0.15) is 0 Å². The average Bonchev–Trinajstić information content (AvgIpc) is 2.67. The molecule has 0 aliphatic rings. The normalized spacial score (nSPS) is 12.0. The summed E-state index contributed by atoms with van der Waals surface area (Å²) in [5.41, 5.74) is -0.693. The smallest absolute Gasteiger partial charge is 0.325 e. The van der Waals surface area contributed by atoms with Crippen molar-refractivity contribution < 1.29 is 31.2 Å². The number of amides is 2. The van der Waals surface area contributed by atoms with Gasteiger partial charge in [-0.15, -0.1) is 0 Å². The second-order valence-corrected chi connectivity index (χ2v) is 8.10. The van der Waals surface area contributed by atoms with E-state index in [0.29, 0.717) is 5.56 Å². The van der Waals surface area contributed by atoms with Crippen LogP contribution < -0.4 is 15.4 Å². The van der Waals surface area contributed by atoms with E-state index < -0.39 is 33.6 Å². The molecule has 0 unspecified atom stereocenters. The van der Waals surface area contributed by atoms with E-state index in [0.717, 1.165) is 24.3 Å². The summed E-state index contributed by atoms with van der Waals surface area (Å²) in [6, 6.07) is 8.22. The Morgan fingerprint density at radius 1 is 1.00 bits per heavy atom. The maximum atomic E-state index is 13.0. The Hall–Kier alpha value is -3.18. The molecule has 2 aromatic rings. The highest BCUT2D eigenvalue weighted by atomic mass is 32.2. The van der Waals surface area contributed by atoms with Crippen LogP contribution in [0.15, 0.2) is 53.4 Å². The van der Waals surface area contributed by atoms with Gasteiger partial charge in [0.15, 0.2) is 0 Å². The molecular formula is C20H20F3N3O4S. The number of benzene rings is 2. The molecule has 2 aromatic carbocycles. The van der Waals surface area contributed by atoms with E-state index in [4.69, 9.17) is 0 Å². The monoisotopic (exact) mass is 455 g/mol. The third-order valence-corrected chi connectivity index (χ3v) is 5.43. The van der Waals surface area contributed by atoms with E-state index in [1.54, 1.807) is 6.92 Å². The zero-order valence-electron chi connectivity index (χ0n) is 16.6. The lowest BCUT2D eigenvalue weighted by molar-refractivity contribution is -0.137. The van der Waals surface area contributed by atoms with E-state index in [2.05, 4.69) is 15.4 Å². The van der Waals surface area contributed by atoms with Crippen molar-refractivity contribution in [3.63, 3.8) is 0 Å². The molecule has 0 aliphatic heterocycles. The van der Waals surface area contributed by atoms with Crippen molar-refractivity contribution in [1.29, 1.82) is 0 Å². The van der Waals surface area contributed by atoms with E-state index in [1.807, 2.05) is 0 Å². The SMILES string of the molecule is CCNS(=O)(=O)c1ccc(/C=C/C(=O)Nc2cc(C(F)(F)F)ccc2NC(C)=O)cc1. The van der Waals surface area contributed by atoms with Crippen LogP contribution in [-0.4, -0.2) is 26.8 Å². The van der Waals surface area contributed by atoms with Crippen molar-refractivity contribution in [3.8, 4) is 0 Å². The highest BCUT2D eigenvalue weighted by Crippen LogP contribution is 2.34. The Bertz CT molecular complexity index is 1100. The van der Waals surface area contributed by atoms with Crippen molar-refractivity contribution in [1.82, 2.24) is 4.72 Å². The van der Waals surface area contributed by atoms with E-state index in [1.165, 1.54) is 37.3 Å². The van der Waals surface area contributed by atoms with Crippen molar-refractivity contribution in [2.24, 2.45) is 0 Å². The molecule has 0 aromatic heterocycles. The van der Waals surface area contributed by atoms with Crippen LogP contribution in [0, 0.1) is 0 Å². The molecule has 7 nitrogen and oxygen atoms in total. The number of sulfonamides is 1. The van der Waals surface area contributed by atoms with Crippen LogP contribution in [0.2, 0.25) is 0 Å². The number of halogens is 3. The molecule has 2 rings (SSSR count). The van der Waals surface area contributed by atoms with Crippen molar-refractivity contribution in [3.05, 3.63) is 59.7 Å². The lowest BCUT2D eigenvalue weighted by Gasteiger charge is -2.14. The summed E-state index contributed by atoms with van der Waals surface area (Å²) in [5, 5.41) is 4.66. The van der Waals surface area contributed by atoms with Gasteiger partial charge in [-0.1, -0.05) is 19.1 Å². The molecule has 3 N–H and O–H groups in total. The Morgan fingerprint density at radius 3 is 2.19 bits per heavy atom. The predicted molar refractivity (Wildman–Crippen MR) is 111 cm³/mol. The van der Waals surface area contributed by atoms with E-state index in [9.17, 15) is 31.2 Å². The van der Waals surface area contributed by atoms with Crippen molar-refractivity contribution in [2.75, 3.05) is 17.2 Å². The summed E-state index contributed by atoms with van der Waals surface area (Å²) >= 11 is 0. The summed E-state index contributed by atoms with van der Waals surface area (Å²) in [6.45, 7) is 3.07. The van der Waals surface area contributed by atoms with Gasteiger partial charge < -0.3 is 10.6 Å². The van der Waals surface area contributed by atoms with Gasteiger partial charge in [0.2, 0.25) is 21.8 Å². The molecule has 0 atom stereocenters. The van der Waals surface area contributed by atoms with Gasteiger partial charge in [-0.2, -0.15) is 13.2 Å². The summed E-state index contributed by atoms with van der Waals surface area (Å²) in [6.07, 6.45) is -2.19. The second kappa shape index (κ2) is 9.75. The molecule has 11 heteroatoms. The fourth-order valence-electron chi connectivity index (χ4n) is 2.50. The minimum atomic E-state index is -4.63. The zero-order chi connectivity index (χ0) is 23.2. The number of hydrogen-bond acceptors (Lipinski definition) is 4. The van der Waals surface area contributed by atoms with Crippen LogP contribution in [0.5, 0.6) is 0 Å². The van der Waals surface area contributed by atoms with Crippen LogP contribution in [0.1, 0.15) is 25.0 Å². The molecule has 0 radical (unpaired) electrons. The number of alkyl halides is 3. The lowest BCUT2D eigenvalue weighted by Crippen LogP contribution is -2.22. The standard InChI is InChI=1S/C20H20F3N3O4S/c1-3-24-31(29,30)16-8-4-14(5-9-16)6-11-19(28)26-18-12-15(20(21,22)23)7-10-17(18)25-13(2)27/h4-12,24H,3H2,1-2H3,(H,25,27)(H,26,28)/b11-6+. The fourth-order valence-corrected chi connectivity index (χ4v) is 3.54. The van der Waals surface area contributed by atoms with Crippen molar-refractivity contribution in [2.45, 2.75) is 24.9 Å². The molecule has 0 spiro atoms. The molecule has 0 aliphatic carbocycles. The van der Waals surface area contributed by atoms with E-state index >= 15 is 0 Å². The first-order chi connectivity index (χ1) is 14.4. The molecule has 0 fully saturated rings. The number of rotatable bonds is 7. The van der Waals surface area contributed by atoms with Crippen molar-refractivity contribution >= 4 is 39.3 Å². The molecule has 31 heavy (non-hydrogen) atoms. The van der Waals surface area contributed by atoms with Gasteiger partial charge in [-0.3, -0.25) is 9.59 Å². The quantitative estimate of drug-likeness (QED) is 0.555.